The van der Waals surface area contributed by atoms with E-state index in [1.54, 1.807) is 0 Å². The average molecular weight is 212 g/mol. The van der Waals surface area contributed by atoms with Crippen LogP contribution in [0.3, 0.4) is 0 Å². The second-order valence-corrected chi connectivity index (χ2v) is 4.87. The average Bonchev–Trinajstić information content (AvgIpc) is 2.95. The maximum absolute atomic E-state index is 11.3. The van der Waals surface area contributed by atoms with Crippen LogP contribution in [0.4, 0.5) is 0 Å². The number of carbonyl (C=O) groups excluding carboxylic acids is 1. The van der Waals surface area contributed by atoms with Crippen molar-refractivity contribution in [1.82, 2.24) is 10.6 Å². The fourth-order valence-electron chi connectivity index (χ4n) is 1.90. The van der Waals surface area contributed by atoms with E-state index in [1.807, 2.05) is 0 Å². The van der Waals surface area contributed by atoms with Crippen LogP contribution in [0.25, 0.3) is 0 Å². The van der Waals surface area contributed by atoms with Crippen LogP contribution in [-0.4, -0.2) is 36.8 Å². The SMILES string of the molecule is O=C(CNCC1CC(O)C1)NCC1CC1. The highest BCUT2D eigenvalue weighted by Crippen LogP contribution is 2.27. The Morgan fingerprint density at radius 3 is 2.53 bits per heavy atom. The molecule has 0 unspecified atom stereocenters. The highest BCUT2D eigenvalue weighted by Gasteiger charge is 2.26. The molecule has 15 heavy (non-hydrogen) atoms. The summed E-state index contributed by atoms with van der Waals surface area (Å²) in [6.45, 7) is 2.12. The third-order valence-corrected chi connectivity index (χ3v) is 3.21. The molecule has 0 bridgehead atoms. The topological polar surface area (TPSA) is 61.4 Å². The van der Waals surface area contributed by atoms with Gasteiger partial charge in [0.1, 0.15) is 0 Å². The van der Waals surface area contributed by atoms with Crippen LogP contribution >= 0.6 is 0 Å². The van der Waals surface area contributed by atoms with Crippen LogP contribution in [0.15, 0.2) is 0 Å². The summed E-state index contributed by atoms with van der Waals surface area (Å²) in [5, 5.41) is 15.1. The molecule has 2 aliphatic rings. The van der Waals surface area contributed by atoms with Crippen molar-refractivity contribution in [3.63, 3.8) is 0 Å². The normalized spacial score (nSPS) is 29.7. The largest absolute Gasteiger partial charge is 0.393 e. The van der Waals surface area contributed by atoms with Crippen molar-refractivity contribution in [2.45, 2.75) is 31.8 Å². The second kappa shape index (κ2) is 4.94. The zero-order valence-electron chi connectivity index (χ0n) is 9.04. The molecule has 0 saturated heterocycles. The lowest BCUT2D eigenvalue weighted by atomic mass is 9.82. The first-order chi connectivity index (χ1) is 7.24. The van der Waals surface area contributed by atoms with Gasteiger partial charge in [-0.1, -0.05) is 0 Å². The molecule has 0 aliphatic heterocycles. The van der Waals surface area contributed by atoms with Gasteiger partial charge in [-0.2, -0.15) is 0 Å². The quantitative estimate of drug-likeness (QED) is 0.575. The minimum absolute atomic E-state index is 0.0968. The van der Waals surface area contributed by atoms with E-state index >= 15 is 0 Å². The van der Waals surface area contributed by atoms with Crippen molar-refractivity contribution < 1.29 is 9.90 Å². The van der Waals surface area contributed by atoms with Gasteiger partial charge in [-0.3, -0.25) is 4.79 Å². The highest BCUT2D eigenvalue weighted by atomic mass is 16.3. The summed E-state index contributed by atoms with van der Waals surface area (Å²) in [7, 11) is 0. The molecule has 0 atom stereocenters. The summed E-state index contributed by atoms with van der Waals surface area (Å²) in [6.07, 6.45) is 4.22. The van der Waals surface area contributed by atoms with Crippen molar-refractivity contribution in [2.24, 2.45) is 11.8 Å². The Bertz CT molecular complexity index is 223. The van der Waals surface area contributed by atoms with E-state index in [9.17, 15) is 4.79 Å². The number of aliphatic hydroxyl groups is 1. The van der Waals surface area contributed by atoms with Crippen molar-refractivity contribution in [2.75, 3.05) is 19.6 Å². The Hall–Kier alpha value is -0.610. The maximum atomic E-state index is 11.3. The number of carbonyl (C=O) groups is 1. The molecule has 4 nitrogen and oxygen atoms in total. The van der Waals surface area contributed by atoms with Gasteiger partial charge in [0.25, 0.3) is 0 Å². The molecule has 3 N–H and O–H groups in total. The molecule has 0 spiro atoms. The minimum atomic E-state index is -0.0968. The van der Waals surface area contributed by atoms with Gasteiger partial charge in [0.05, 0.1) is 12.6 Å². The molecule has 0 aromatic heterocycles. The Morgan fingerprint density at radius 2 is 1.93 bits per heavy atom. The van der Waals surface area contributed by atoms with E-state index in [0.29, 0.717) is 12.5 Å². The van der Waals surface area contributed by atoms with Crippen LogP contribution < -0.4 is 10.6 Å². The lowest BCUT2D eigenvalue weighted by Gasteiger charge is -2.31. The van der Waals surface area contributed by atoms with Crippen molar-refractivity contribution in [1.29, 1.82) is 0 Å². The lowest BCUT2D eigenvalue weighted by Crippen LogP contribution is -2.40. The van der Waals surface area contributed by atoms with E-state index < -0.39 is 0 Å². The van der Waals surface area contributed by atoms with Crippen molar-refractivity contribution in [3.8, 4) is 0 Å². The number of rotatable bonds is 6. The van der Waals surface area contributed by atoms with Gasteiger partial charge in [0.15, 0.2) is 0 Å². The van der Waals surface area contributed by atoms with E-state index in [4.69, 9.17) is 5.11 Å². The minimum Gasteiger partial charge on any atom is -0.393 e. The number of aliphatic hydroxyl groups excluding tert-OH is 1. The summed E-state index contributed by atoms with van der Waals surface area (Å²) < 4.78 is 0. The highest BCUT2D eigenvalue weighted by molar-refractivity contribution is 5.77. The summed E-state index contributed by atoms with van der Waals surface area (Å²) in [4.78, 5) is 11.3. The van der Waals surface area contributed by atoms with Crippen LogP contribution in [0, 0.1) is 11.8 Å². The molecule has 0 heterocycles. The summed E-state index contributed by atoms with van der Waals surface area (Å²) >= 11 is 0. The summed E-state index contributed by atoms with van der Waals surface area (Å²) in [5.41, 5.74) is 0. The molecule has 0 aromatic rings. The molecule has 0 radical (unpaired) electrons. The van der Waals surface area contributed by atoms with Gasteiger partial charge in [-0.15, -0.1) is 0 Å². The zero-order chi connectivity index (χ0) is 10.7. The number of nitrogens with one attached hydrogen (secondary N) is 2. The number of hydrogen-bond acceptors (Lipinski definition) is 3. The number of amides is 1. The lowest BCUT2D eigenvalue weighted by molar-refractivity contribution is -0.120. The monoisotopic (exact) mass is 212 g/mol. The molecule has 2 saturated carbocycles. The first-order valence-corrected chi connectivity index (χ1v) is 5.89. The molecule has 4 heteroatoms. The first kappa shape index (κ1) is 10.9. The smallest absolute Gasteiger partial charge is 0.233 e. The summed E-state index contributed by atoms with van der Waals surface area (Å²) in [5.74, 6) is 1.41. The van der Waals surface area contributed by atoms with E-state index in [-0.39, 0.29) is 12.0 Å². The molecule has 2 aliphatic carbocycles. The zero-order valence-corrected chi connectivity index (χ0v) is 9.04. The van der Waals surface area contributed by atoms with Crippen molar-refractivity contribution >= 4 is 5.91 Å². The molecular formula is C11H20N2O2. The Morgan fingerprint density at radius 1 is 1.20 bits per heavy atom. The molecule has 1 amide bonds. The second-order valence-electron chi connectivity index (χ2n) is 4.87. The van der Waals surface area contributed by atoms with E-state index in [0.717, 1.165) is 31.8 Å². The predicted octanol–water partition coefficient (Wildman–Crippen LogP) is -0.127. The van der Waals surface area contributed by atoms with Gasteiger partial charge in [0, 0.05) is 6.54 Å². The molecule has 2 fully saturated rings. The van der Waals surface area contributed by atoms with E-state index in [1.165, 1.54) is 12.8 Å². The van der Waals surface area contributed by atoms with Gasteiger partial charge in [-0.05, 0) is 44.1 Å². The third kappa shape index (κ3) is 3.80. The molecule has 2 rings (SSSR count). The Balaban J connectivity index is 1.44. The van der Waals surface area contributed by atoms with Crippen LogP contribution in [0.2, 0.25) is 0 Å². The first-order valence-electron chi connectivity index (χ1n) is 5.89. The summed E-state index contributed by atoms with van der Waals surface area (Å²) in [6, 6.07) is 0. The fourth-order valence-corrected chi connectivity index (χ4v) is 1.90. The van der Waals surface area contributed by atoms with Gasteiger partial charge >= 0.3 is 0 Å². The molecule has 0 aromatic carbocycles. The fraction of sp³-hybridized carbons (Fsp3) is 0.909. The van der Waals surface area contributed by atoms with Crippen LogP contribution in [0.5, 0.6) is 0 Å². The predicted molar refractivity (Wildman–Crippen MR) is 57.3 cm³/mol. The van der Waals surface area contributed by atoms with Gasteiger partial charge < -0.3 is 15.7 Å². The number of hydrogen-bond donors (Lipinski definition) is 3. The van der Waals surface area contributed by atoms with Crippen molar-refractivity contribution in [3.05, 3.63) is 0 Å². The molecule has 86 valence electrons. The van der Waals surface area contributed by atoms with Crippen LogP contribution in [0.1, 0.15) is 25.7 Å². The molecular weight excluding hydrogens is 192 g/mol. The standard InChI is InChI=1S/C11H20N2O2/c14-10-3-9(4-10)5-12-7-11(15)13-6-8-1-2-8/h8-10,12,14H,1-7H2,(H,13,15). The van der Waals surface area contributed by atoms with Gasteiger partial charge in [-0.25, -0.2) is 0 Å². The van der Waals surface area contributed by atoms with Crippen LogP contribution in [-0.2, 0) is 4.79 Å². The maximum Gasteiger partial charge on any atom is 0.233 e. The van der Waals surface area contributed by atoms with Gasteiger partial charge in [0.2, 0.25) is 5.91 Å². The van der Waals surface area contributed by atoms with E-state index in [2.05, 4.69) is 10.6 Å². The third-order valence-electron chi connectivity index (χ3n) is 3.21. The Kier molecular flexibility index (Phi) is 3.59. The Labute approximate surface area is 90.4 Å².